The molecule has 7 N–H and O–H groups in total. The van der Waals surface area contributed by atoms with Crippen molar-refractivity contribution in [3.8, 4) is 0 Å². The molecule has 2 saturated heterocycles. The first kappa shape index (κ1) is 22.6. The SMILES string of the molecule is CN[C@@H]1O[C@H](COP(=O)(O)OC[C@@H]2CC[C@H](n3cnc4c3N=C(N)NC4)O2)[C@H](O)[C@@H]1O. The number of hydrogen-bond donors (Lipinski definition) is 6. The largest absolute Gasteiger partial charge is 0.472 e. The summed E-state index contributed by atoms with van der Waals surface area (Å²) in [7, 11) is -2.87. The average Bonchev–Trinajstić information content (AvgIpc) is 3.44. The molecule has 0 saturated carbocycles. The van der Waals surface area contributed by atoms with Gasteiger partial charge in [-0.3, -0.25) is 18.9 Å². The van der Waals surface area contributed by atoms with Crippen LogP contribution in [0.4, 0.5) is 5.82 Å². The number of rotatable bonds is 8. The molecule has 1 unspecified atom stereocenters. The molecule has 4 heterocycles. The summed E-state index contributed by atoms with van der Waals surface area (Å²) in [6.45, 7) is -0.107. The normalized spacial score (nSPS) is 34.8. The molecule has 3 aliphatic heterocycles. The van der Waals surface area contributed by atoms with E-state index in [2.05, 4.69) is 20.6 Å². The van der Waals surface area contributed by atoms with Gasteiger partial charge in [-0.1, -0.05) is 0 Å². The fraction of sp³-hybridized carbons (Fsp3) is 0.750. The fourth-order valence-corrected chi connectivity index (χ4v) is 4.46. The average molecular weight is 462 g/mol. The van der Waals surface area contributed by atoms with Gasteiger partial charge in [0.25, 0.3) is 0 Å². The number of aliphatic hydroxyl groups is 2. The van der Waals surface area contributed by atoms with E-state index >= 15 is 0 Å². The molecule has 4 rings (SSSR count). The third-order valence-corrected chi connectivity index (χ3v) is 6.32. The van der Waals surface area contributed by atoms with Crippen molar-refractivity contribution in [1.29, 1.82) is 0 Å². The molecular weight excluding hydrogens is 435 g/mol. The Morgan fingerprint density at radius 3 is 2.84 bits per heavy atom. The molecular formula is C16H27N6O8P. The minimum absolute atomic E-state index is 0.163. The molecule has 3 aliphatic rings. The van der Waals surface area contributed by atoms with Crippen LogP contribution in [0.5, 0.6) is 0 Å². The van der Waals surface area contributed by atoms with Gasteiger partial charge in [-0.15, -0.1) is 0 Å². The monoisotopic (exact) mass is 462 g/mol. The highest BCUT2D eigenvalue weighted by Gasteiger charge is 2.43. The molecule has 0 radical (unpaired) electrons. The number of nitrogens with one attached hydrogen (secondary N) is 2. The second kappa shape index (κ2) is 9.10. The lowest BCUT2D eigenvalue weighted by atomic mass is 10.1. The molecule has 14 nitrogen and oxygen atoms in total. The molecule has 0 amide bonds. The fourth-order valence-electron chi connectivity index (χ4n) is 3.70. The van der Waals surface area contributed by atoms with Crippen molar-refractivity contribution in [3.05, 3.63) is 12.0 Å². The van der Waals surface area contributed by atoms with E-state index in [4.69, 9.17) is 24.3 Å². The van der Waals surface area contributed by atoms with E-state index in [-0.39, 0.29) is 12.8 Å². The van der Waals surface area contributed by atoms with Crippen LogP contribution in [-0.4, -0.2) is 81.5 Å². The van der Waals surface area contributed by atoms with E-state index in [0.29, 0.717) is 31.2 Å². The van der Waals surface area contributed by atoms with Crippen LogP contribution in [0.1, 0.15) is 24.8 Å². The van der Waals surface area contributed by atoms with Crippen LogP contribution in [0.25, 0.3) is 0 Å². The van der Waals surface area contributed by atoms with Gasteiger partial charge in [0.1, 0.15) is 36.5 Å². The van der Waals surface area contributed by atoms with Crippen molar-refractivity contribution < 1.29 is 38.2 Å². The van der Waals surface area contributed by atoms with E-state index in [1.165, 1.54) is 0 Å². The van der Waals surface area contributed by atoms with Gasteiger partial charge in [-0.25, -0.2) is 9.55 Å². The first-order valence-corrected chi connectivity index (χ1v) is 11.4. The number of guanidine groups is 1. The van der Waals surface area contributed by atoms with E-state index in [1.807, 2.05) is 0 Å². The number of phosphoric acid groups is 1. The number of nitrogens with two attached hydrogens (primary N) is 1. The number of imidazole rings is 1. The number of aromatic nitrogens is 2. The molecule has 174 valence electrons. The van der Waals surface area contributed by atoms with Crippen molar-refractivity contribution in [2.24, 2.45) is 10.7 Å². The highest BCUT2D eigenvalue weighted by molar-refractivity contribution is 7.47. The van der Waals surface area contributed by atoms with Gasteiger partial charge in [0.05, 0.1) is 32.2 Å². The Hall–Kier alpha value is -1.61. The Morgan fingerprint density at radius 1 is 1.32 bits per heavy atom. The lowest BCUT2D eigenvalue weighted by Crippen LogP contribution is -2.39. The molecule has 1 aromatic heterocycles. The number of likely N-dealkylation sites (N-methyl/N-ethyl adjacent to an activating group) is 1. The zero-order valence-corrected chi connectivity index (χ0v) is 17.7. The summed E-state index contributed by atoms with van der Waals surface area (Å²) in [6, 6.07) is 0. The molecule has 0 bridgehead atoms. The highest BCUT2D eigenvalue weighted by Crippen LogP contribution is 2.45. The number of aliphatic imine (C=N–C) groups is 1. The van der Waals surface area contributed by atoms with Gasteiger partial charge in [0, 0.05) is 0 Å². The standard InChI is InChI=1S/C16H27N6O8P/c1-18-15-13(24)12(23)10(30-15)6-28-31(25,26)27-5-8-2-3-11(29-8)22-7-20-9-4-19-16(17)21-14(9)22/h7-8,10-13,15,18,23-24H,2-6H2,1H3,(H,25,26)(H3,17,19,21)/t8-,10+,11+,12-,13-,15+/m0/s1. The topological polar surface area (TPSA) is 195 Å². The Labute approximate surface area is 178 Å². The van der Waals surface area contributed by atoms with Crippen LogP contribution >= 0.6 is 7.82 Å². The van der Waals surface area contributed by atoms with Crippen molar-refractivity contribution in [2.45, 2.75) is 56.3 Å². The number of phosphoric ester groups is 1. The summed E-state index contributed by atoms with van der Waals surface area (Å²) in [4.78, 5) is 18.5. The van der Waals surface area contributed by atoms with Gasteiger partial charge in [0.15, 0.2) is 11.8 Å². The van der Waals surface area contributed by atoms with Crippen LogP contribution < -0.4 is 16.4 Å². The van der Waals surface area contributed by atoms with Gasteiger partial charge in [0.2, 0.25) is 0 Å². The molecule has 1 aromatic rings. The Morgan fingerprint density at radius 2 is 2.10 bits per heavy atom. The first-order valence-electron chi connectivity index (χ1n) is 9.87. The summed E-state index contributed by atoms with van der Waals surface area (Å²) in [6.07, 6.45) is -2.12. The number of aliphatic hydroxyl groups excluding tert-OH is 2. The van der Waals surface area contributed by atoms with Crippen LogP contribution in [-0.2, 0) is 29.6 Å². The predicted molar refractivity (Wildman–Crippen MR) is 105 cm³/mol. The minimum atomic E-state index is -4.42. The maximum absolute atomic E-state index is 12.2. The Bertz CT molecular complexity index is 867. The summed E-state index contributed by atoms with van der Waals surface area (Å²) in [5, 5.41) is 25.3. The third kappa shape index (κ3) is 4.92. The summed E-state index contributed by atoms with van der Waals surface area (Å²) >= 11 is 0. The van der Waals surface area contributed by atoms with Gasteiger partial charge in [-0.05, 0) is 19.9 Å². The van der Waals surface area contributed by atoms with Crippen LogP contribution in [0.15, 0.2) is 11.3 Å². The zero-order chi connectivity index (χ0) is 22.2. The van der Waals surface area contributed by atoms with Crippen molar-refractivity contribution >= 4 is 19.6 Å². The summed E-state index contributed by atoms with van der Waals surface area (Å²) in [5.41, 5.74) is 6.48. The Kier molecular flexibility index (Phi) is 6.62. The van der Waals surface area contributed by atoms with E-state index in [9.17, 15) is 19.7 Å². The molecule has 0 aliphatic carbocycles. The van der Waals surface area contributed by atoms with Crippen LogP contribution in [0, 0.1) is 0 Å². The first-order chi connectivity index (χ1) is 14.8. The van der Waals surface area contributed by atoms with Gasteiger partial charge >= 0.3 is 7.82 Å². The predicted octanol–water partition coefficient (Wildman–Crippen LogP) is -1.59. The second-order valence-electron chi connectivity index (χ2n) is 7.49. The maximum Gasteiger partial charge on any atom is 0.472 e. The quantitative estimate of drug-likeness (QED) is 0.243. The molecule has 15 heteroatoms. The molecule has 31 heavy (non-hydrogen) atoms. The lowest BCUT2D eigenvalue weighted by molar-refractivity contribution is -0.0401. The third-order valence-electron chi connectivity index (χ3n) is 5.37. The summed E-state index contributed by atoms with van der Waals surface area (Å²) < 4.78 is 35.2. The minimum Gasteiger partial charge on any atom is -0.387 e. The van der Waals surface area contributed by atoms with Crippen LogP contribution in [0.2, 0.25) is 0 Å². The van der Waals surface area contributed by atoms with Gasteiger partial charge < -0.3 is 35.6 Å². The second-order valence-corrected chi connectivity index (χ2v) is 8.94. The molecule has 7 atom stereocenters. The van der Waals surface area contributed by atoms with E-state index in [0.717, 1.165) is 5.69 Å². The number of ether oxygens (including phenoxy) is 2. The number of hydrogen-bond acceptors (Lipinski definition) is 12. The summed E-state index contributed by atoms with van der Waals surface area (Å²) in [5.74, 6) is 0.923. The lowest BCUT2D eigenvalue weighted by Gasteiger charge is -2.20. The van der Waals surface area contributed by atoms with E-state index in [1.54, 1.807) is 17.9 Å². The van der Waals surface area contributed by atoms with Crippen LogP contribution in [0.3, 0.4) is 0 Å². The molecule has 0 aromatic carbocycles. The maximum atomic E-state index is 12.2. The zero-order valence-electron chi connectivity index (χ0n) is 16.8. The highest BCUT2D eigenvalue weighted by atomic mass is 31.2. The van der Waals surface area contributed by atoms with E-state index < -0.39 is 45.1 Å². The van der Waals surface area contributed by atoms with Crippen molar-refractivity contribution in [1.82, 2.24) is 20.2 Å². The van der Waals surface area contributed by atoms with Crippen molar-refractivity contribution in [2.75, 3.05) is 20.3 Å². The molecule has 0 spiro atoms. The number of nitrogens with zero attached hydrogens (tertiary/aromatic N) is 3. The van der Waals surface area contributed by atoms with Gasteiger partial charge in [-0.2, -0.15) is 4.99 Å². The smallest absolute Gasteiger partial charge is 0.387 e. The molecule has 2 fully saturated rings. The Balaban J connectivity index is 1.26. The number of fused-ring (bicyclic) bond motifs is 1. The van der Waals surface area contributed by atoms with Crippen molar-refractivity contribution in [3.63, 3.8) is 0 Å².